The van der Waals surface area contributed by atoms with Crippen molar-refractivity contribution in [2.45, 2.75) is 12.5 Å². The van der Waals surface area contributed by atoms with Gasteiger partial charge in [0.25, 0.3) is 0 Å². The largest absolute Gasteiger partial charge is 0.481 e. The lowest BCUT2D eigenvalue weighted by Gasteiger charge is -2.16. The second kappa shape index (κ2) is 5.83. The number of aryl methyl sites for hydroxylation is 1. The van der Waals surface area contributed by atoms with Crippen LogP contribution in [0.3, 0.4) is 0 Å². The molecule has 2 aliphatic heterocycles. The molecule has 1 saturated heterocycles. The van der Waals surface area contributed by atoms with Crippen LogP contribution >= 0.6 is 0 Å². The van der Waals surface area contributed by atoms with Crippen LogP contribution in [-0.2, 0) is 18.4 Å². The van der Waals surface area contributed by atoms with Crippen molar-refractivity contribution in [3.63, 3.8) is 0 Å². The van der Waals surface area contributed by atoms with E-state index in [-0.39, 0.29) is 12.7 Å². The van der Waals surface area contributed by atoms with Gasteiger partial charge in [0.1, 0.15) is 5.82 Å². The molecule has 2 atom stereocenters. The predicted molar refractivity (Wildman–Crippen MR) is 84.9 cm³/mol. The summed E-state index contributed by atoms with van der Waals surface area (Å²) in [5, 5.41) is 9.63. The number of likely N-dealkylation sites (tertiary alicyclic amines) is 1. The Bertz CT molecular complexity index is 773. The fourth-order valence-corrected chi connectivity index (χ4v) is 3.49. The molecule has 1 aromatic heterocycles. The second-order valence-corrected chi connectivity index (χ2v) is 6.31. The number of benzene rings is 1. The molecule has 1 fully saturated rings. The molecule has 1 aromatic carbocycles. The molecule has 2 aliphatic rings. The van der Waals surface area contributed by atoms with Crippen LogP contribution in [0, 0.1) is 5.92 Å². The third-order valence-electron chi connectivity index (χ3n) is 4.82. The third kappa shape index (κ3) is 2.60. The molecule has 1 N–H and O–H groups in total. The van der Waals surface area contributed by atoms with Gasteiger partial charge in [0.05, 0.1) is 12.5 Å². The first-order chi connectivity index (χ1) is 11.6. The summed E-state index contributed by atoms with van der Waals surface area (Å²) >= 11 is 0. The molecule has 0 saturated carbocycles. The lowest BCUT2D eigenvalue weighted by Crippen LogP contribution is -2.24. The maximum absolute atomic E-state index is 11.7. The van der Waals surface area contributed by atoms with Gasteiger partial charge in [-0.2, -0.15) is 0 Å². The molecular formula is C17H19N3O4. The average molecular weight is 329 g/mol. The van der Waals surface area contributed by atoms with Crippen LogP contribution in [-0.4, -0.2) is 45.4 Å². The van der Waals surface area contributed by atoms with E-state index in [0.717, 1.165) is 11.4 Å². The van der Waals surface area contributed by atoms with Gasteiger partial charge >= 0.3 is 5.97 Å². The molecule has 0 unspecified atom stereocenters. The van der Waals surface area contributed by atoms with E-state index in [1.54, 1.807) is 6.20 Å². The number of imidazole rings is 1. The highest BCUT2D eigenvalue weighted by Gasteiger charge is 2.39. The van der Waals surface area contributed by atoms with E-state index < -0.39 is 11.9 Å². The number of rotatable bonds is 4. The van der Waals surface area contributed by atoms with Gasteiger partial charge in [0.2, 0.25) is 6.79 Å². The summed E-state index contributed by atoms with van der Waals surface area (Å²) in [6.07, 6.45) is 3.66. The van der Waals surface area contributed by atoms with Crippen LogP contribution in [0.4, 0.5) is 0 Å². The molecule has 2 aromatic rings. The summed E-state index contributed by atoms with van der Waals surface area (Å²) in [7, 11) is 1.95. The summed E-state index contributed by atoms with van der Waals surface area (Å²) in [6, 6.07) is 5.71. The number of aliphatic carboxylic acids is 1. The smallest absolute Gasteiger partial charge is 0.308 e. The van der Waals surface area contributed by atoms with E-state index in [9.17, 15) is 9.90 Å². The fraction of sp³-hybridized carbons (Fsp3) is 0.412. The number of hydrogen-bond donors (Lipinski definition) is 1. The van der Waals surface area contributed by atoms with Crippen molar-refractivity contribution < 1.29 is 19.4 Å². The molecule has 4 rings (SSSR count). The van der Waals surface area contributed by atoms with Crippen molar-refractivity contribution >= 4 is 5.97 Å². The second-order valence-electron chi connectivity index (χ2n) is 6.31. The predicted octanol–water partition coefficient (Wildman–Crippen LogP) is 1.45. The SMILES string of the molecule is Cn1ccnc1CN1C[C@@H](C(=O)O)[C@H](c2ccc3c(c2)OCO3)C1. The monoisotopic (exact) mass is 329 g/mol. The number of hydrogen-bond acceptors (Lipinski definition) is 5. The van der Waals surface area contributed by atoms with Gasteiger partial charge in [-0.05, 0) is 17.7 Å². The van der Waals surface area contributed by atoms with Crippen molar-refractivity contribution in [1.82, 2.24) is 14.5 Å². The first-order valence-corrected chi connectivity index (χ1v) is 7.92. The molecule has 3 heterocycles. The van der Waals surface area contributed by atoms with E-state index in [1.165, 1.54) is 0 Å². The molecule has 0 radical (unpaired) electrons. The topological polar surface area (TPSA) is 76.8 Å². The summed E-state index contributed by atoms with van der Waals surface area (Å²) in [4.78, 5) is 18.2. The molecule has 24 heavy (non-hydrogen) atoms. The average Bonchev–Trinajstić information content (AvgIpc) is 3.27. The normalized spacial score (nSPS) is 22.9. The highest BCUT2D eigenvalue weighted by molar-refractivity contribution is 5.72. The van der Waals surface area contributed by atoms with Crippen molar-refractivity contribution in [1.29, 1.82) is 0 Å². The number of nitrogens with zero attached hydrogens (tertiary/aromatic N) is 3. The fourth-order valence-electron chi connectivity index (χ4n) is 3.49. The zero-order valence-corrected chi connectivity index (χ0v) is 13.4. The minimum Gasteiger partial charge on any atom is -0.481 e. The van der Waals surface area contributed by atoms with E-state index >= 15 is 0 Å². The summed E-state index contributed by atoms with van der Waals surface area (Å²) in [6.45, 7) is 2.07. The van der Waals surface area contributed by atoms with Crippen molar-refractivity contribution in [2.75, 3.05) is 19.9 Å². The Balaban J connectivity index is 1.57. The zero-order chi connectivity index (χ0) is 16.7. The van der Waals surface area contributed by atoms with Gasteiger partial charge in [-0.1, -0.05) is 6.07 Å². The standard InChI is InChI=1S/C17H19N3O4/c1-19-5-4-18-16(19)9-20-7-12(13(8-20)17(21)22)11-2-3-14-15(6-11)24-10-23-14/h2-6,12-13H,7-10H2,1H3,(H,21,22)/t12-,13+/m0/s1. The van der Waals surface area contributed by atoms with Crippen LogP contribution in [0.25, 0.3) is 0 Å². The van der Waals surface area contributed by atoms with Crippen LogP contribution < -0.4 is 9.47 Å². The molecule has 126 valence electrons. The lowest BCUT2D eigenvalue weighted by atomic mass is 9.89. The zero-order valence-electron chi connectivity index (χ0n) is 13.4. The quantitative estimate of drug-likeness (QED) is 0.915. The van der Waals surface area contributed by atoms with E-state index in [4.69, 9.17) is 9.47 Å². The van der Waals surface area contributed by atoms with Gasteiger partial charge in [-0.15, -0.1) is 0 Å². The maximum atomic E-state index is 11.7. The minimum absolute atomic E-state index is 0.0720. The van der Waals surface area contributed by atoms with Crippen LogP contribution in [0.1, 0.15) is 17.3 Å². The summed E-state index contributed by atoms with van der Waals surface area (Å²) in [5.74, 6) is 1.07. The first-order valence-electron chi connectivity index (χ1n) is 7.92. The van der Waals surface area contributed by atoms with Crippen LogP contribution in [0.15, 0.2) is 30.6 Å². The number of carbonyl (C=O) groups is 1. The molecule has 7 nitrogen and oxygen atoms in total. The highest BCUT2D eigenvalue weighted by Crippen LogP contribution is 2.39. The van der Waals surface area contributed by atoms with E-state index in [2.05, 4.69) is 9.88 Å². The lowest BCUT2D eigenvalue weighted by molar-refractivity contribution is -0.141. The van der Waals surface area contributed by atoms with Crippen molar-refractivity contribution in [3.05, 3.63) is 42.0 Å². The Morgan fingerprint density at radius 1 is 1.33 bits per heavy atom. The molecule has 0 aliphatic carbocycles. The minimum atomic E-state index is -0.764. The molecule has 0 bridgehead atoms. The Labute approximate surface area is 139 Å². The molecular weight excluding hydrogens is 310 g/mol. The van der Waals surface area contributed by atoms with Crippen molar-refractivity contribution in [3.8, 4) is 11.5 Å². The van der Waals surface area contributed by atoms with Crippen molar-refractivity contribution in [2.24, 2.45) is 13.0 Å². The van der Waals surface area contributed by atoms with Gasteiger partial charge in [0.15, 0.2) is 11.5 Å². The van der Waals surface area contributed by atoms with Crippen LogP contribution in [0.5, 0.6) is 11.5 Å². The number of carboxylic acids is 1. The van der Waals surface area contributed by atoms with Gasteiger partial charge in [-0.25, -0.2) is 4.98 Å². The van der Waals surface area contributed by atoms with Gasteiger partial charge < -0.3 is 19.1 Å². The Morgan fingerprint density at radius 3 is 2.92 bits per heavy atom. The third-order valence-corrected chi connectivity index (χ3v) is 4.82. The van der Waals surface area contributed by atoms with E-state index in [1.807, 2.05) is 36.0 Å². The Hall–Kier alpha value is -2.54. The highest BCUT2D eigenvalue weighted by atomic mass is 16.7. The molecule has 0 spiro atoms. The summed E-state index contributed by atoms with van der Waals surface area (Å²) in [5.41, 5.74) is 0.981. The molecule has 0 amide bonds. The maximum Gasteiger partial charge on any atom is 0.308 e. The first kappa shape index (κ1) is 15.0. The number of ether oxygens (including phenoxy) is 2. The van der Waals surface area contributed by atoms with Crippen LogP contribution in [0.2, 0.25) is 0 Å². The Kier molecular flexibility index (Phi) is 3.65. The van der Waals surface area contributed by atoms with Gasteiger partial charge in [0, 0.05) is 38.4 Å². The number of fused-ring (bicyclic) bond motifs is 1. The number of carboxylic acid groups (broad SMARTS) is 1. The van der Waals surface area contributed by atoms with E-state index in [0.29, 0.717) is 31.1 Å². The number of aromatic nitrogens is 2. The van der Waals surface area contributed by atoms with Gasteiger partial charge in [-0.3, -0.25) is 9.69 Å². The molecule has 7 heteroatoms. The summed E-state index contributed by atoms with van der Waals surface area (Å²) < 4.78 is 12.7. The Morgan fingerprint density at radius 2 is 2.17 bits per heavy atom.